The summed E-state index contributed by atoms with van der Waals surface area (Å²) in [6.45, 7) is 22.6. The Morgan fingerprint density at radius 1 is 0.356 bits per heavy atom. The van der Waals surface area contributed by atoms with Gasteiger partial charge in [-0.1, -0.05) is 211 Å². The van der Waals surface area contributed by atoms with Gasteiger partial charge in [-0.05, 0) is 232 Å². The first-order chi connectivity index (χ1) is 64.8. The minimum atomic E-state index is -3.62. The number of para-hydroxylation sites is 5. The van der Waals surface area contributed by atoms with Gasteiger partial charge in [-0.25, -0.2) is 42.1 Å². The van der Waals surface area contributed by atoms with Gasteiger partial charge in [0.2, 0.25) is 0 Å². The van der Waals surface area contributed by atoms with Crippen LogP contribution in [0.5, 0.6) is 0 Å². The lowest BCUT2D eigenvalue weighted by Gasteiger charge is -2.24. The second-order valence-electron chi connectivity index (χ2n) is 33.7. The molecule has 32 heteroatoms. The summed E-state index contributed by atoms with van der Waals surface area (Å²) in [5.41, 5.74) is 14.4. The molecule has 0 saturated carbocycles. The predicted octanol–water partition coefficient (Wildman–Crippen LogP) is 17.6. The molecule has 10 aromatic carbocycles. The van der Waals surface area contributed by atoms with Crippen LogP contribution in [-0.2, 0) is 78.7 Å². The normalized spacial score (nSPS) is 18.2. The molecule has 135 heavy (non-hydrogen) atoms. The molecule has 0 aromatic heterocycles. The Bertz CT molecular complexity index is 6230. The highest BCUT2D eigenvalue weighted by molar-refractivity contribution is 7.99. The maximum absolute atomic E-state index is 13.3. The van der Waals surface area contributed by atoms with E-state index >= 15 is 0 Å². The Kier molecular flexibility index (Phi) is 40.2. The molecule has 7 atom stereocenters. The quantitative estimate of drug-likeness (QED) is 0.0193. The van der Waals surface area contributed by atoms with Gasteiger partial charge in [-0.15, -0.1) is 11.8 Å². The third kappa shape index (κ3) is 25.5. The van der Waals surface area contributed by atoms with Gasteiger partial charge in [0.1, 0.15) is 0 Å². The monoisotopic (exact) mass is 1960 g/mol. The van der Waals surface area contributed by atoms with Gasteiger partial charge in [-0.3, -0.25) is 21.5 Å². The van der Waals surface area contributed by atoms with Crippen molar-refractivity contribution in [2.24, 2.45) is 5.92 Å². The fraction of sp³-hybridized carbons (Fsp3) is 0.408. The van der Waals surface area contributed by atoms with E-state index in [1.165, 1.54) is 53.6 Å². The van der Waals surface area contributed by atoms with Gasteiger partial charge < -0.3 is 45.5 Å². The number of nitrogens with one attached hydrogen (secondary N) is 5. The zero-order valence-electron chi connectivity index (χ0n) is 80.3. The lowest BCUT2D eigenvalue weighted by Crippen LogP contribution is -2.30. The summed E-state index contributed by atoms with van der Waals surface area (Å²) < 4.78 is 161. The summed E-state index contributed by atoms with van der Waals surface area (Å²) in [6.07, 6.45) is 10.4. The van der Waals surface area contributed by atoms with E-state index in [0.717, 1.165) is 147 Å². The number of methoxy groups -OCH3 is 4. The zero-order chi connectivity index (χ0) is 97.8. The molecule has 15 rings (SSSR count). The maximum Gasteiger partial charge on any atom is 0.373 e. The van der Waals surface area contributed by atoms with Crippen molar-refractivity contribution in [1.29, 1.82) is 0 Å². The number of carbonyl (C=O) groups excluding carboxylic acids is 2. The van der Waals surface area contributed by atoms with E-state index in [1.807, 2.05) is 223 Å². The number of nitrogens with zero attached hydrogens (tertiary/aromatic N) is 5. The summed E-state index contributed by atoms with van der Waals surface area (Å²) in [5, 5.41) is 17.8. The SMILES string of the molecule is CCCCCCCCNC1c2ccccc2N(CC)S(=O)(=O)c2ccccc21.CCN1c2ccccc2C(NCCCOC)c2ccccc2S1(=O)=O.CCSc1ccc2c(c1)S(=O)(=O)N(C)c1ccccc1C2NCCCOC.COC(C)CCNC1c2ccccc2N(C)S(=O)(=O)c2cc(C)ccc21.COCC(C)CNC1c2ccccc2N(C)S(=O)(=O)c2cc(C)ccc21.O=C=O. The third-order valence-electron chi connectivity index (χ3n) is 24.5. The van der Waals surface area contributed by atoms with E-state index in [1.54, 1.807) is 91.7 Å². The number of aryl methyl sites for hydroxylation is 2. The van der Waals surface area contributed by atoms with Crippen molar-refractivity contribution < 1.29 is 70.6 Å². The van der Waals surface area contributed by atoms with Crippen molar-refractivity contribution in [2.75, 3.05) is 142 Å². The summed E-state index contributed by atoms with van der Waals surface area (Å²) in [5.74, 6) is 1.21. The van der Waals surface area contributed by atoms with Crippen molar-refractivity contribution >= 4 is 96.5 Å². The van der Waals surface area contributed by atoms with Crippen molar-refractivity contribution in [3.63, 3.8) is 0 Å². The second kappa shape index (κ2) is 50.6. The Hall–Kier alpha value is -9.68. The number of hydrogen-bond acceptors (Lipinski definition) is 22. The minimum Gasteiger partial charge on any atom is -0.385 e. The topological polar surface area (TPSA) is 318 Å². The molecule has 10 aromatic rings. The first-order valence-electron chi connectivity index (χ1n) is 46.1. The summed E-state index contributed by atoms with van der Waals surface area (Å²) >= 11 is 1.65. The zero-order valence-corrected chi connectivity index (χ0v) is 85.2. The fourth-order valence-electron chi connectivity index (χ4n) is 17.6. The van der Waals surface area contributed by atoms with Gasteiger partial charge in [0, 0.05) is 93.9 Å². The lowest BCUT2D eigenvalue weighted by atomic mass is 9.95. The molecule has 0 saturated heterocycles. The van der Waals surface area contributed by atoms with Gasteiger partial charge in [-0.2, -0.15) is 9.59 Å². The smallest absolute Gasteiger partial charge is 0.373 e. The van der Waals surface area contributed by atoms with Crippen LogP contribution >= 0.6 is 11.8 Å². The number of benzene rings is 10. The van der Waals surface area contributed by atoms with E-state index < -0.39 is 50.1 Å². The van der Waals surface area contributed by atoms with Gasteiger partial charge in [0.15, 0.2) is 0 Å². The number of sulfonamides is 5. The Labute approximate surface area is 806 Å². The van der Waals surface area contributed by atoms with Gasteiger partial charge in [0.25, 0.3) is 50.1 Å². The van der Waals surface area contributed by atoms with E-state index in [2.05, 4.69) is 53.4 Å². The number of unbranched alkanes of at least 4 members (excludes halogenated alkanes) is 5. The van der Waals surface area contributed by atoms with Crippen LogP contribution in [0.25, 0.3) is 0 Å². The summed E-state index contributed by atoms with van der Waals surface area (Å²) in [7, 11) is -6.35. The molecule has 0 bridgehead atoms. The Morgan fingerprint density at radius 3 is 1.04 bits per heavy atom. The summed E-state index contributed by atoms with van der Waals surface area (Å²) in [6, 6.07) is 69.6. The molecule has 0 fully saturated rings. The van der Waals surface area contributed by atoms with Crippen LogP contribution in [0.4, 0.5) is 28.4 Å². The highest BCUT2D eigenvalue weighted by atomic mass is 32.2. The second-order valence-corrected chi connectivity index (χ2v) is 44.5. The largest absolute Gasteiger partial charge is 0.385 e. The molecule has 0 aliphatic carbocycles. The Balaban J connectivity index is 0.000000173. The van der Waals surface area contributed by atoms with Crippen LogP contribution in [0.1, 0.15) is 196 Å². The number of anilines is 5. The number of ether oxygens (including phenoxy) is 4. The fourth-order valence-corrected chi connectivity index (χ4v) is 26.4. The minimum absolute atomic E-state index is 0.116. The average molecular weight is 1960 g/mol. The molecule has 7 unspecified atom stereocenters. The molecule has 0 radical (unpaired) electrons. The third-order valence-corrected chi connectivity index (χ3v) is 34.8. The van der Waals surface area contributed by atoms with Crippen LogP contribution in [0.15, 0.2) is 254 Å². The van der Waals surface area contributed by atoms with E-state index in [4.69, 9.17) is 28.5 Å². The molecule has 0 amide bonds. The van der Waals surface area contributed by atoms with Crippen molar-refractivity contribution in [3.8, 4) is 0 Å². The van der Waals surface area contributed by atoms with Crippen LogP contribution in [0.2, 0.25) is 0 Å². The maximum atomic E-state index is 13.3. The van der Waals surface area contributed by atoms with Crippen LogP contribution in [0.3, 0.4) is 0 Å². The molecular weight excluding hydrogens is 1830 g/mol. The number of rotatable bonds is 32. The molecule has 728 valence electrons. The van der Waals surface area contributed by atoms with Crippen LogP contribution in [0, 0.1) is 19.8 Å². The van der Waals surface area contributed by atoms with Crippen LogP contribution < -0.4 is 48.1 Å². The molecule has 5 N–H and O–H groups in total. The van der Waals surface area contributed by atoms with Gasteiger partial charge >= 0.3 is 6.15 Å². The predicted molar refractivity (Wildman–Crippen MR) is 540 cm³/mol. The standard InChI is InChI=1S/C23H32N2O2S.C20H26N2O3S2.2C20H26N2O3S.C19H24N2O3S.CO2/c1-3-5-6-7-8-13-18-24-23-19-14-9-11-16-21(19)25(4-2)28(26,27)22-17-12-10-15-20(22)23;1-4-26-15-10-11-17-19(14-15)27(23,24)22(2)18-9-6-5-8-16(18)20(17)21-12-7-13-25-3;1-14-9-10-17-19(11-14)26(23,24)22(3)18-8-6-5-7-16(18)20(17)21-12-15(2)13-25-4;1-14-9-10-17-19(13-14)26(23,24)22(3)18-8-6-5-7-16(18)20(17)21-12-11-15(2)25-4;1-3-21-17-11-6-4-9-15(17)19(20-13-8-14-24-2)16-10-5-7-12-18(16)25(21,22)23;2-1-3/h9-12,14-17,23-24H,3-8,13,18H2,1-2H3;5-6,8-11,14,20-21H,4,7,12-13H2,1-3H3;5-11,15,20-21H,12-13H2,1-4H3;5-10,13,15,20-21H,11-12H2,1-4H3;4-7,9-12,19-20H,3,8,13-14H2,1-2H3;. The molecule has 5 heterocycles. The lowest BCUT2D eigenvalue weighted by molar-refractivity contribution is -0.191. The molecular formula is C103H134N10O16S6. The number of hydrogen-bond donors (Lipinski definition) is 5. The summed E-state index contributed by atoms with van der Waals surface area (Å²) in [4.78, 5) is 19.1. The van der Waals surface area contributed by atoms with Crippen molar-refractivity contribution in [1.82, 2.24) is 26.6 Å². The molecule has 5 aliphatic heterocycles. The average Bonchev–Trinajstić information content (AvgIpc) is 1.69. The van der Waals surface area contributed by atoms with E-state index in [0.29, 0.717) is 80.4 Å². The van der Waals surface area contributed by atoms with E-state index in [9.17, 15) is 42.1 Å². The first-order valence-corrected chi connectivity index (χ1v) is 54.3. The highest BCUT2D eigenvalue weighted by Gasteiger charge is 2.42. The van der Waals surface area contributed by atoms with Gasteiger partial charge in [0.05, 0.1) is 89.2 Å². The van der Waals surface area contributed by atoms with Crippen molar-refractivity contribution in [3.05, 3.63) is 291 Å². The van der Waals surface area contributed by atoms with Crippen molar-refractivity contribution in [2.45, 2.75) is 179 Å². The molecule has 0 spiro atoms. The molecule has 5 aliphatic rings. The highest BCUT2D eigenvalue weighted by Crippen LogP contribution is 2.47. The number of thioether (sulfide) groups is 1. The Morgan fingerprint density at radius 2 is 0.674 bits per heavy atom. The van der Waals surface area contributed by atoms with E-state index in [-0.39, 0.29) is 42.5 Å². The van der Waals surface area contributed by atoms with Crippen LogP contribution in [-0.4, -0.2) is 175 Å². The molecule has 26 nitrogen and oxygen atoms in total. The number of fused-ring (bicyclic) bond motifs is 10. The first kappa shape index (κ1) is 107.